The van der Waals surface area contributed by atoms with Gasteiger partial charge in [-0.25, -0.2) is 0 Å². The average Bonchev–Trinajstić information content (AvgIpc) is 2.79. The van der Waals surface area contributed by atoms with Crippen LogP contribution in [0.5, 0.6) is 0 Å². The number of nitrogens with zero attached hydrogens (tertiary/aromatic N) is 2. The van der Waals surface area contributed by atoms with Gasteiger partial charge in [-0.3, -0.25) is 9.59 Å². The van der Waals surface area contributed by atoms with E-state index in [0.29, 0.717) is 43.1 Å². The molecule has 0 spiro atoms. The maximum Gasteiger partial charge on any atom is 0.251 e. The molecular formula is C23H26N4O2. The fraction of sp³-hybridized carbons (Fsp3) is 0.348. The molecule has 0 unspecified atom stereocenters. The molecule has 1 saturated heterocycles. The number of nitrogens with two attached hydrogens (primary N) is 1. The van der Waals surface area contributed by atoms with Gasteiger partial charge in [0, 0.05) is 25.1 Å². The molecule has 0 bridgehead atoms. The number of likely N-dealkylation sites (tertiary alicyclic amines) is 1. The van der Waals surface area contributed by atoms with E-state index in [1.807, 2.05) is 23.1 Å². The lowest BCUT2D eigenvalue weighted by molar-refractivity contribution is -0.135. The summed E-state index contributed by atoms with van der Waals surface area (Å²) in [6.45, 7) is 1.86. The van der Waals surface area contributed by atoms with Crippen LogP contribution in [0.1, 0.15) is 34.3 Å². The number of carbonyl (C=O) groups is 2. The first-order valence-corrected chi connectivity index (χ1v) is 9.94. The summed E-state index contributed by atoms with van der Waals surface area (Å²) in [5.74, 6) is -0.0603. The van der Waals surface area contributed by atoms with Crippen LogP contribution >= 0.6 is 0 Å². The number of amides is 2. The summed E-state index contributed by atoms with van der Waals surface area (Å²) in [6, 6.07) is 17.4. The van der Waals surface area contributed by atoms with Crippen molar-refractivity contribution in [3.05, 3.63) is 71.3 Å². The minimum absolute atomic E-state index is 0.0863. The summed E-state index contributed by atoms with van der Waals surface area (Å²) < 4.78 is 0. The Hall–Kier alpha value is -3.17. The highest BCUT2D eigenvalue weighted by Gasteiger charge is 2.30. The van der Waals surface area contributed by atoms with Crippen molar-refractivity contribution in [3.8, 4) is 6.07 Å². The lowest BCUT2D eigenvalue weighted by Crippen LogP contribution is -2.52. The molecule has 1 heterocycles. The van der Waals surface area contributed by atoms with Crippen LogP contribution in [-0.4, -0.2) is 42.4 Å². The predicted molar refractivity (Wildman–Crippen MR) is 111 cm³/mol. The quantitative estimate of drug-likeness (QED) is 0.789. The number of rotatable bonds is 6. The SMILES string of the molecule is N#Cc1ccc(C[C@H](NC(=O)c2ccccc2)C(=O)N2CCC[C@@H](CN)C2)cc1. The number of hydrogen-bond acceptors (Lipinski definition) is 4. The molecule has 2 aromatic rings. The number of nitriles is 1. The molecule has 150 valence electrons. The predicted octanol–water partition coefficient (Wildman–Crippen LogP) is 2.10. The largest absolute Gasteiger partial charge is 0.341 e. The summed E-state index contributed by atoms with van der Waals surface area (Å²) >= 11 is 0. The highest BCUT2D eigenvalue weighted by molar-refractivity contribution is 5.97. The van der Waals surface area contributed by atoms with Gasteiger partial charge in [0.2, 0.25) is 5.91 Å². The zero-order valence-electron chi connectivity index (χ0n) is 16.4. The monoisotopic (exact) mass is 390 g/mol. The van der Waals surface area contributed by atoms with Crippen LogP contribution in [0, 0.1) is 17.2 Å². The van der Waals surface area contributed by atoms with E-state index in [-0.39, 0.29) is 11.8 Å². The Labute approximate surface area is 171 Å². The van der Waals surface area contributed by atoms with Gasteiger partial charge in [0.15, 0.2) is 0 Å². The highest BCUT2D eigenvalue weighted by Crippen LogP contribution is 2.17. The van der Waals surface area contributed by atoms with E-state index in [4.69, 9.17) is 11.0 Å². The second kappa shape index (κ2) is 9.85. The number of hydrogen-bond donors (Lipinski definition) is 2. The summed E-state index contributed by atoms with van der Waals surface area (Å²) in [5, 5.41) is 11.9. The summed E-state index contributed by atoms with van der Waals surface area (Å²) in [5.41, 5.74) is 7.79. The van der Waals surface area contributed by atoms with E-state index in [0.717, 1.165) is 18.4 Å². The van der Waals surface area contributed by atoms with Crippen molar-refractivity contribution < 1.29 is 9.59 Å². The molecule has 0 saturated carbocycles. The van der Waals surface area contributed by atoms with E-state index >= 15 is 0 Å². The van der Waals surface area contributed by atoms with Gasteiger partial charge in [0.05, 0.1) is 11.6 Å². The van der Waals surface area contributed by atoms with Crippen LogP contribution in [0.25, 0.3) is 0 Å². The topological polar surface area (TPSA) is 99.2 Å². The Morgan fingerprint density at radius 1 is 1.17 bits per heavy atom. The molecule has 0 aliphatic carbocycles. The van der Waals surface area contributed by atoms with Gasteiger partial charge in [0.25, 0.3) is 5.91 Å². The van der Waals surface area contributed by atoms with Crippen molar-refractivity contribution in [3.63, 3.8) is 0 Å². The molecule has 6 heteroatoms. The van der Waals surface area contributed by atoms with Crippen LogP contribution in [0.2, 0.25) is 0 Å². The van der Waals surface area contributed by atoms with Gasteiger partial charge in [-0.2, -0.15) is 5.26 Å². The maximum absolute atomic E-state index is 13.3. The van der Waals surface area contributed by atoms with E-state index in [1.54, 1.807) is 36.4 Å². The second-order valence-corrected chi connectivity index (χ2v) is 7.43. The smallest absolute Gasteiger partial charge is 0.251 e. The van der Waals surface area contributed by atoms with Crippen LogP contribution in [-0.2, 0) is 11.2 Å². The van der Waals surface area contributed by atoms with Gasteiger partial charge in [0.1, 0.15) is 6.04 Å². The van der Waals surface area contributed by atoms with Crippen molar-refractivity contribution >= 4 is 11.8 Å². The molecule has 2 amide bonds. The maximum atomic E-state index is 13.3. The number of carbonyl (C=O) groups excluding carboxylic acids is 2. The van der Waals surface area contributed by atoms with Gasteiger partial charge in [-0.05, 0) is 55.1 Å². The Morgan fingerprint density at radius 3 is 2.55 bits per heavy atom. The van der Waals surface area contributed by atoms with Crippen LogP contribution in [0.15, 0.2) is 54.6 Å². The van der Waals surface area contributed by atoms with Gasteiger partial charge >= 0.3 is 0 Å². The number of piperidine rings is 1. The molecule has 1 aliphatic rings. The lowest BCUT2D eigenvalue weighted by Gasteiger charge is -2.34. The molecular weight excluding hydrogens is 364 g/mol. The van der Waals surface area contributed by atoms with Crippen LogP contribution in [0.3, 0.4) is 0 Å². The zero-order chi connectivity index (χ0) is 20.6. The average molecular weight is 390 g/mol. The van der Waals surface area contributed by atoms with E-state index in [1.165, 1.54) is 0 Å². The molecule has 6 nitrogen and oxygen atoms in total. The first-order valence-electron chi connectivity index (χ1n) is 9.94. The van der Waals surface area contributed by atoms with Crippen molar-refractivity contribution in [2.24, 2.45) is 11.7 Å². The van der Waals surface area contributed by atoms with Gasteiger partial charge < -0.3 is 16.0 Å². The third kappa shape index (κ3) is 5.43. The Bertz CT molecular complexity index is 874. The normalized spacial score (nSPS) is 17.2. The second-order valence-electron chi connectivity index (χ2n) is 7.43. The van der Waals surface area contributed by atoms with Gasteiger partial charge in [-0.15, -0.1) is 0 Å². The fourth-order valence-corrected chi connectivity index (χ4v) is 3.66. The highest BCUT2D eigenvalue weighted by atomic mass is 16.2. The number of benzene rings is 2. The standard InChI is InChI=1S/C23H26N4O2/c24-14-18-10-8-17(9-11-18)13-21(26-22(28)20-6-2-1-3-7-20)23(29)27-12-4-5-19(15-25)16-27/h1-3,6-11,19,21H,4-5,12-13,15-16,25H2,(H,26,28)/t19-,21-/m0/s1. The molecule has 3 N–H and O–H groups in total. The minimum atomic E-state index is -0.674. The van der Waals surface area contributed by atoms with Gasteiger partial charge in [-0.1, -0.05) is 30.3 Å². The molecule has 2 aromatic carbocycles. The van der Waals surface area contributed by atoms with Crippen molar-refractivity contribution in [2.75, 3.05) is 19.6 Å². The molecule has 1 fully saturated rings. The summed E-state index contributed by atoms with van der Waals surface area (Å²) in [6.07, 6.45) is 2.31. The zero-order valence-corrected chi connectivity index (χ0v) is 16.4. The summed E-state index contributed by atoms with van der Waals surface area (Å²) in [4.78, 5) is 27.8. The molecule has 0 radical (unpaired) electrons. The Balaban J connectivity index is 1.78. The van der Waals surface area contributed by atoms with Crippen molar-refractivity contribution in [2.45, 2.75) is 25.3 Å². The van der Waals surface area contributed by atoms with E-state index in [2.05, 4.69) is 11.4 Å². The Kier molecular flexibility index (Phi) is 6.99. The van der Waals surface area contributed by atoms with Crippen molar-refractivity contribution in [1.29, 1.82) is 5.26 Å². The van der Waals surface area contributed by atoms with Crippen LogP contribution < -0.4 is 11.1 Å². The van der Waals surface area contributed by atoms with Crippen molar-refractivity contribution in [1.82, 2.24) is 10.2 Å². The first-order chi connectivity index (χ1) is 14.1. The molecule has 1 aliphatic heterocycles. The molecule has 2 atom stereocenters. The third-order valence-electron chi connectivity index (χ3n) is 5.33. The van der Waals surface area contributed by atoms with E-state index in [9.17, 15) is 9.59 Å². The number of nitrogens with one attached hydrogen (secondary N) is 1. The molecule has 0 aromatic heterocycles. The minimum Gasteiger partial charge on any atom is -0.341 e. The van der Waals surface area contributed by atoms with E-state index < -0.39 is 6.04 Å². The molecule has 3 rings (SSSR count). The lowest BCUT2D eigenvalue weighted by atomic mass is 9.96. The molecule has 29 heavy (non-hydrogen) atoms. The third-order valence-corrected chi connectivity index (χ3v) is 5.33. The fourth-order valence-electron chi connectivity index (χ4n) is 3.66. The first kappa shape index (κ1) is 20.6. The summed E-state index contributed by atoms with van der Waals surface area (Å²) in [7, 11) is 0. The van der Waals surface area contributed by atoms with Crippen LogP contribution in [0.4, 0.5) is 0 Å². The Morgan fingerprint density at radius 2 is 1.90 bits per heavy atom.